The number of amides is 3. The normalized spacial score (nSPS) is 14.2. The number of rotatable bonds is 5. The third-order valence-electron chi connectivity index (χ3n) is 8.18. The lowest BCUT2D eigenvalue weighted by Crippen LogP contribution is -2.35. The zero-order valence-electron chi connectivity index (χ0n) is 24.0. The lowest BCUT2D eigenvalue weighted by molar-refractivity contribution is 0.100. The lowest BCUT2D eigenvalue weighted by Gasteiger charge is -2.23. The molecule has 0 spiro atoms. The van der Waals surface area contributed by atoms with E-state index >= 15 is 0 Å². The molecule has 0 atom stereocenters. The monoisotopic (exact) mass is 602 g/mol. The van der Waals surface area contributed by atoms with Crippen LogP contribution < -0.4 is 16.0 Å². The molecule has 0 bridgehead atoms. The lowest BCUT2D eigenvalue weighted by atomic mass is 9.98. The quantitative estimate of drug-likeness (QED) is 0.270. The average Bonchev–Trinajstić information content (AvgIpc) is 3.51. The average molecular weight is 603 g/mol. The molecule has 0 fully saturated rings. The highest BCUT2D eigenvalue weighted by molar-refractivity contribution is 6.36. The van der Waals surface area contributed by atoms with Crippen molar-refractivity contribution < 1.29 is 19.5 Å². The summed E-state index contributed by atoms with van der Waals surface area (Å²) >= 11 is 6.86. The predicted molar refractivity (Wildman–Crippen MR) is 161 cm³/mol. The minimum atomic E-state index is -1.01. The van der Waals surface area contributed by atoms with Gasteiger partial charge in [0.25, 0.3) is 11.8 Å². The number of nitrogens with zero attached hydrogens (tertiary/aromatic N) is 5. The summed E-state index contributed by atoms with van der Waals surface area (Å²) in [4.78, 5) is 48.3. The van der Waals surface area contributed by atoms with Gasteiger partial charge in [0.2, 0.25) is 0 Å². The molecule has 13 heteroatoms. The van der Waals surface area contributed by atoms with E-state index in [0.717, 1.165) is 41.2 Å². The number of carboxylic acid groups (broad SMARTS) is 1. The topological polar surface area (TPSA) is 146 Å². The minimum Gasteiger partial charge on any atom is -0.465 e. The van der Waals surface area contributed by atoms with Crippen LogP contribution in [0, 0.1) is 6.92 Å². The number of carbonyl (C=O) groups is 3. The standard InChI is InChI=1S/C30H31ClN8O4/c1-16-17(6-4-8-19(16)35-28(40)27-34-22-15-39(30(42)43)13-11-24(22)38(27)3)18-7-5-9-20(25(18)31)36-29(41)26-33-21-14-32-12-10-23(21)37(26)2/h4-9,32H,10-15H2,1-3H3,(H,35,40)(H,36,41)(H,42,43). The second kappa shape index (κ2) is 11.2. The van der Waals surface area contributed by atoms with Gasteiger partial charge in [-0.1, -0.05) is 35.9 Å². The van der Waals surface area contributed by atoms with E-state index in [9.17, 15) is 19.5 Å². The van der Waals surface area contributed by atoms with E-state index in [-0.39, 0.29) is 18.3 Å². The fraction of sp³-hybridized carbons (Fsp3) is 0.300. The molecule has 12 nitrogen and oxygen atoms in total. The maximum Gasteiger partial charge on any atom is 0.407 e. The summed E-state index contributed by atoms with van der Waals surface area (Å²) in [6.45, 7) is 3.85. The van der Waals surface area contributed by atoms with Crippen molar-refractivity contribution in [1.29, 1.82) is 0 Å². The number of benzene rings is 2. The molecule has 6 rings (SSSR count). The Morgan fingerprint density at radius 2 is 1.49 bits per heavy atom. The van der Waals surface area contributed by atoms with E-state index in [2.05, 4.69) is 25.9 Å². The van der Waals surface area contributed by atoms with E-state index < -0.39 is 12.0 Å². The van der Waals surface area contributed by atoms with E-state index in [1.54, 1.807) is 23.7 Å². The summed E-state index contributed by atoms with van der Waals surface area (Å²) in [6, 6.07) is 10.9. The molecule has 0 unspecified atom stereocenters. The maximum atomic E-state index is 13.3. The van der Waals surface area contributed by atoms with Crippen LogP contribution in [0.2, 0.25) is 5.02 Å². The molecule has 2 aromatic heterocycles. The number of imidazole rings is 2. The van der Waals surface area contributed by atoms with Crippen LogP contribution in [-0.4, -0.2) is 60.1 Å². The van der Waals surface area contributed by atoms with Crippen molar-refractivity contribution in [2.24, 2.45) is 14.1 Å². The van der Waals surface area contributed by atoms with E-state index in [4.69, 9.17) is 11.6 Å². The summed E-state index contributed by atoms with van der Waals surface area (Å²) in [5.74, 6) is -0.226. The fourth-order valence-electron chi connectivity index (χ4n) is 5.81. The van der Waals surface area contributed by atoms with Gasteiger partial charge < -0.3 is 35.1 Å². The SMILES string of the molecule is Cc1c(NC(=O)c2nc3c(n2C)CCN(C(=O)O)C3)cccc1-c1cccc(NC(=O)c2nc3c(n2C)CCNC3)c1Cl. The molecule has 4 aromatic rings. The van der Waals surface area contributed by atoms with E-state index in [1.165, 1.54) is 4.90 Å². The number of anilines is 2. The van der Waals surface area contributed by atoms with Crippen molar-refractivity contribution in [1.82, 2.24) is 29.3 Å². The molecule has 0 saturated heterocycles. The molecule has 4 N–H and O–H groups in total. The van der Waals surface area contributed by atoms with Gasteiger partial charge in [-0.2, -0.15) is 0 Å². The second-order valence-corrected chi connectivity index (χ2v) is 11.1. The van der Waals surface area contributed by atoms with Crippen LogP contribution in [-0.2, 0) is 40.0 Å². The van der Waals surface area contributed by atoms with Gasteiger partial charge in [-0.05, 0) is 30.2 Å². The molecule has 222 valence electrons. The van der Waals surface area contributed by atoms with Crippen LogP contribution in [0.4, 0.5) is 16.2 Å². The fourth-order valence-corrected chi connectivity index (χ4v) is 6.08. The Labute approximate surface area is 252 Å². The van der Waals surface area contributed by atoms with Crippen LogP contribution >= 0.6 is 11.6 Å². The van der Waals surface area contributed by atoms with Gasteiger partial charge in [-0.15, -0.1) is 0 Å². The zero-order valence-corrected chi connectivity index (χ0v) is 24.7. The van der Waals surface area contributed by atoms with Crippen LogP contribution in [0.15, 0.2) is 36.4 Å². The summed E-state index contributed by atoms with van der Waals surface area (Å²) in [5, 5.41) is 18.9. The molecule has 3 amide bonds. The largest absolute Gasteiger partial charge is 0.465 e. The van der Waals surface area contributed by atoms with Gasteiger partial charge >= 0.3 is 6.09 Å². The van der Waals surface area contributed by atoms with Crippen molar-refractivity contribution in [3.8, 4) is 11.1 Å². The molecular weight excluding hydrogens is 572 g/mol. The molecule has 0 saturated carbocycles. The molecule has 0 radical (unpaired) electrons. The van der Waals surface area contributed by atoms with Crippen LogP contribution in [0.5, 0.6) is 0 Å². The highest BCUT2D eigenvalue weighted by atomic mass is 35.5. The number of hydrogen-bond donors (Lipinski definition) is 4. The highest BCUT2D eigenvalue weighted by Crippen LogP contribution is 2.37. The maximum absolute atomic E-state index is 13.3. The Morgan fingerprint density at radius 3 is 2.16 bits per heavy atom. The molecule has 43 heavy (non-hydrogen) atoms. The number of nitrogens with one attached hydrogen (secondary N) is 3. The van der Waals surface area contributed by atoms with E-state index in [0.29, 0.717) is 53.0 Å². The Morgan fingerprint density at radius 1 is 0.884 bits per heavy atom. The first-order valence-corrected chi connectivity index (χ1v) is 14.3. The Kier molecular flexibility index (Phi) is 7.40. The zero-order chi connectivity index (χ0) is 30.4. The van der Waals surface area contributed by atoms with Crippen molar-refractivity contribution in [3.05, 3.63) is 81.4 Å². The van der Waals surface area contributed by atoms with Crippen molar-refractivity contribution in [2.75, 3.05) is 23.7 Å². The van der Waals surface area contributed by atoms with Gasteiger partial charge in [-0.3, -0.25) is 9.59 Å². The highest BCUT2D eigenvalue weighted by Gasteiger charge is 2.28. The second-order valence-electron chi connectivity index (χ2n) is 10.7. The summed E-state index contributed by atoms with van der Waals surface area (Å²) in [7, 11) is 3.61. The van der Waals surface area contributed by atoms with E-state index in [1.807, 2.05) is 42.8 Å². The molecule has 0 aliphatic carbocycles. The first-order chi connectivity index (χ1) is 20.6. The third-order valence-corrected chi connectivity index (χ3v) is 8.59. The summed E-state index contributed by atoms with van der Waals surface area (Å²) in [6.07, 6.45) is 0.281. The van der Waals surface area contributed by atoms with Crippen molar-refractivity contribution >= 4 is 40.9 Å². The van der Waals surface area contributed by atoms with Gasteiger partial charge in [-0.25, -0.2) is 14.8 Å². The number of fused-ring (bicyclic) bond motifs is 2. The van der Waals surface area contributed by atoms with Crippen molar-refractivity contribution in [2.45, 2.75) is 32.9 Å². The number of carbonyl (C=O) groups excluding carboxylic acids is 2. The Hall–Kier alpha value is -4.68. The van der Waals surface area contributed by atoms with Gasteiger partial charge in [0, 0.05) is 69.2 Å². The van der Waals surface area contributed by atoms with Crippen LogP contribution in [0.25, 0.3) is 11.1 Å². The van der Waals surface area contributed by atoms with Gasteiger partial charge in [0.05, 0.1) is 28.6 Å². The number of halogens is 1. The van der Waals surface area contributed by atoms with Crippen LogP contribution in [0.1, 0.15) is 49.6 Å². The first kappa shape index (κ1) is 28.4. The number of hydrogen-bond acceptors (Lipinski definition) is 6. The first-order valence-electron chi connectivity index (χ1n) is 13.9. The summed E-state index contributed by atoms with van der Waals surface area (Å²) in [5.41, 5.74) is 6.64. The third kappa shape index (κ3) is 5.12. The Balaban J connectivity index is 1.24. The molecular formula is C30H31ClN8O4. The minimum absolute atomic E-state index is 0.144. The van der Waals surface area contributed by atoms with Gasteiger partial charge in [0.15, 0.2) is 11.6 Å². The van der Waals surface area contributed by atoms with Crippen LogP contribution in [0.3, 0.4) is 0 Å². The molecule has 2 aliphatic rings. The smallest absolute Gasteiger partial charge is 0.407 e. The van der Waals surface area contributed by atoms with Gasteiger partial charge in [0.1, 0.15) is 0 Å². The summed E-state index contributed by atoms with van der Waals surface area (Å²) < 4.78 is 3.56. The molecule has 2 aromatic carbocycles. The Bertz CT molecular complexity index is 1790. The molecule has 4 heterocycles. The number of aromatic nitrogens is 4. The van der Waals surface area contributed by atoms with Crippen molar-refractivity contribution in [3.63, 3.8) is 0 Å². The predicted octanol–water partition coefficient (Wildman–Crippen LogP) is 3.97. The molecule has 2 aliphatic heterocycles.